The van der Waals surface area contributed by atoms with E-state index in [1.807, 2.05) is 24.0 Å². The molecule has 1 heterocycles. The van der Waals surface area contributed by atoms with Crippen molar-refractivity contribution >= 4 is 35.1 Å². The number of nitrogens with two attached hydrogens (primary N) is 1. The minimum Gasteiger partial charge on any atom is -0.456 e. The Hall–Kier alpha value is -2.58. The Labute approximate surface area is 158 Å². The molecule has 0 unspecified atom stereocenters. The molecule has 0 saturated carbocycles. The standard InChI is InChI=1S/C9H11N3O5.C7H6Cl2/c10-6(13)5-17-8(15)2-4-12-3-1-7(14)11-9(12)16;1-5-2-3-6(8)4-7(5)9/h1,3H,2,4-5H2,(H2,10,13)(H,11,14,16);2-4H,1H3. The smallest absolute Gasteiger partial charge is 0.328 e. The molecule has 2 aromatic rings. The zero-order valence-electron chi connectivity index (χ0n) is 13.8. The highest BCUT2D eigenvalue weighted by Crippen LogP contribution is 2.19. The van der Waals surface area contributed by atoms with Crippen LogP contribution in [-0.2, 0) is 20.9 Å². The van der Waals surface area contributed by atoms with E-state index in [0.29, 0.717) is 5.02 Å². The van der Waals surface area contributed by atoms with E-state index in [4.69, 9.17) is 28.9 Å². The SMILES string of the molecule is Cc1ccc(Cl)cc1Cl.NC(=O)COC(=O)CCn1ccc(=O)[nH]c1=O. The fraction of sp³-hybridized carbons (Fsp3) is 0.250. The first-order valence-corrected chi connectivity index (χ1v) is 8.10. The molecule has 10 heteroatoms. The molecule has 140 valence electrons. The summed E-state index contributed by atoms with van der Waals surface area (Å²) in [4.78, 5) is 45.4. The van der Waals surface area contributed by atoms with Gasteiger partial charge in [0.15, 0.2) is 6.61 Å². The molecule has 0 bridgehead atoms. The lowest BCUT2D eigenvalue weighted by Crippen LogP contribution is -2.29. The molecule has 3 N–H and O–H groups in total. The summed E-state index contributed by atoms with van der Waals surface area (Å²) >= 11 is 11.4. The van der Waals surface area contributed by atoms with Gasteiger partial charge in [0.2, 0.25) is 0 Å². The Kier molecular flexibility index (Phi) is 8.60. The number of halogens is 2. The van der Waals surface area contributed by atoms with Crippen LogP contribution in [0.25, 0.3) is 0 Å². The first kappa shape index (κ1) is 21.5. The zero-order chi connectivity index (χ0) is 19.7. The molecule has 2 rings (SSSR count). The van der Waals surface area contributed by atoms with Crippen LogP contribution < -0.4 is 17.0 Å². The van der Waals surface area contributed by atoms with Gasteiger partial charge in [0, 0.05) is 28.9 Å². The van der Waals surface area contributed by atoms with Crippen LogP contribution in [0.2, 0.25) is 10.0 Å². The lowest BCUT2D eigenvalue weighted by molar-refractivity contribution is -0.147. The summed E-state index contributed by atoms with van der Waals surface area (Å²) in [5.74, 6) is -1.40. The lowest BCUT2D eigenvalue weighted by atomic mass is 10.2. The number of rotatable bonds is 5. The van der Waals surface area contributed by atoms with Crippen molar-refractivity contribution in [3.05, 3.63) is 66.9 Å². The maximum Gasteiger partial charge on any atom is 0.328 e. The number of primary amides is 1. The third-order valence-corrected chi connectivity index (χ3v) is 3.61. The number of aryl methyl sites for hydroxylation is 2. The number of carbonyl (C=O) groups is 2. The van der Waals surface area contributed by atoms with Gasteiger partial charge in [-0.2, -0.15) is 0 Å². The minimum absolute atomic E-state index is 0.0488. The molecular formula is C16H17Cl2N3O5. The van der Waals surface area contributed by atoms with Crippen LogP contribution in [0.5, 0.6) is 0 Å². The van der Waals surface area contributed by atoms with E-state index in [2.05, 4.69) is 4.74 Å². The van der Waals surface area contributed by atoms with Crippen molar-refractivity contribution in [1.29, 1.82) is 0 Å². The summed E-state index contributed by atoms with van der Waals surface area (Å²) in [6, 6.07) is 6.61. The topological polar surface area (TPSA) is 124 Å². The number of carbonyl (C=O) groups excluding carboxylic acids is 2. The summed E-state index contributed by atoms with van der Waals surface area (Å²) in [7, 11) is 0. The molecule has 0 spiro atoms. The number of nitrogens with one attached hydrogen (secondary N) is 1. The second kappa shape index (κ2) is 10.4. The van der Waals surface area contributed by atoms with E-state index in [0.717, 1.165) is 21.2 Å². The van der Waals surface area contributed by atoms with E-state index < -0.39 is 29.7 Å². The maximum atomic E-state index is 11.2. The molecule has 26 heavy (non-hydrogen) atoms. The average Bonchev–Trinajstić information content (AvgIpc) is 2.56. The molecule has 0 aliphatic heterocycles. The summed E-state index contributed by atoms with van der Waals surface area (Å²) in [6.07, 6.45) is 1.17. The predicted octanol–water partition coefficient (Wildman–Crippen LogP) is 1.26. The second-order valence-electron chi connectivity index (χ2n) is 5.07. The van der Waals surface area contributed by atoms with Crippen LogP contribution in [0.1, 0.15) is 12.0 Å². The number of benzene rings is 1. The summed E-state index contributed by atoms with van der Waals surface area (Å²) in [6.45, 7) is 1.51. The second-order valence-corrected chi connectivity index (χ2v) is 5.92. The molecule has 1 aromatic heterocycles. The number of amides is 1. The summed E-state index contributed by atoms with van der Waals surface area (Å²) in [5, 5.41) is 1.41. The number of H-pyrrole nitrogens is 1. The molecule has 1 aromatic carbocycles. The van der Waals surface area contributed by atoms with Crippen molar-refractivity contribution in [1.82, 2.24) is 9.55 Å². The van der Waals surface area contributed by atoms with Gasteiger partial charge in [0.1, 0.15) is 0 Å². The van der Waals surface area contributed by atoms with Crippen molar-refractivity contribution in [2.45, 2.75) is 19.9 Å². The van der Waals surface area contributed by atoms with Gasteiger partial charge in [-0.25, -0.2) is 4.79 Å². The molecular weight excluding hydrogens is 385 g/mol. The molecule has 0 radical (unpaired) electrons. The maximum absolute atomic E-state index is 11.2. The highest BCUT2D eigenvalue weighted by Gasteiger charge is 2.06. The van der Waals surface area contributed by atoms with Gasteiger partial charge in [-0.15, -0.1) is 0 Å². The number of aromatic amines is 1. The van der Waals surface area contributed by atoms with Gasteiger partial charge in [-0.05, 0) is 24.6 Å². The minimum atomic E-state index is -0.750. The van der Waals surface area contributed by atoms with Crippen LogP contribution >= 0.6 is 23.2 Å². The van der Waals surface area contributed by atoms with Crippen LogP contribution in [0.4, 0.5) is 0 Å². The fourth-order valence-electron chi connectivity index (χ4n) is 1.62. The molecule has 8 nitrogen and oxygen atoms in total. The monoisotopic (exact) mass is 401 g/mol. The Morgan fingerprint density at radius 2 is 1.92 bits per heavy atom. The number of esters is 1. The van der Waals surface area contributed by atoms with Crippen molar-refractivity contribution < 1.29 is 14.3 Å². The van der Waals surface area contributed by atoms with E-state index >= 15 is 0 Å². The number of aromatic nitrogens is 2. The normalized spacial score (nSPS) is 9.81. The first-order valence-electron chi connectivity index (χ1n) is 7.34. The number of ether oxygens (including phenoxy) is 1. The van der Waals surface area contributed by atoms with E-state index in [1.54, 1.807) is 6.07 Å². The Balaban J connectivity index is 0.000000314. The predicted molar refractivity (Wildman–Crippen MR) is 97.3 cm³/mol. The van der Waals surface area contributed by atoms with Gasteiger partial charge in [0.05, 0.1) is 6.42 Å². The van der Waals surface area contributed by atoms with Crippen molar-refractivity contribution in [2.75, 3.05) is 6.61 Å². The fourth-order valence-corrected chi connectivity index (χ4v) is 2.03. The molecule has 0 fully saturated rings. The van der Waals surface area contributed by atoms with Crippen LogP contribution in [0.3, 0.4) is 0 Å². The quantitative estimate of drug-likeness (QED) is 0.729. The highest BCUT2D eigenvalue weighted by atomic mass is 35.5. The van der Waals surface area contributed by atoms with Crippen molar-refractivity contribution in [3.8, 4) is 0 Å². The molecule has 0 aliphatic rings. The van der Waals surface area contributed by atoms with E-state index in [-0.39, 0.29) is 13.0 Å². The van der Waals surface area contributed by atoms with Crippen LogP contribution in [0, 0.1) is 6.92 Å². The van der Waals surface area contributed by atoms with Gasteiger partial charge in [0.25, 0.3) is 11.5 Å². The van der Waals surface area contributed by atoms with E-state index in [1.165, 1.54) is 6.20 Å². The lowest BCUT2D eigenvalue weighted by Gasteiger charge is -2.04. The van der Waals surface area contributed by atoms with Crippen molar-refractivity contribution in [3.63, 3.8) is 0 Å². The first-order chi connectivity index (χ1) is 12.2. The van der Waals surface area contributed by atoms with Gasteiger partial charge in [-0.3, -0.25) is 19.4 Å². The highest BCUT2D eigenvalue weighted by molar-refractivity contribution is 6.35. The third-order valence-electron chi connectivity index (χ3n) is 2.96. The Morgan fingerprint density at radius 3 is 2.46 bits per heavy atom. The van der Waals surface area contributed by atoms with Crippen molar-refractivity contribution in [2.24, 2.45) is 5.73 Å². The zero-order valence-corrected chi connectivity index (χ0v) is 15.3. The number of hydrogen-bond acceptors (Lipinski definition) is 5. The average molecular weight is 402 g/mol. The largest absolute Gasteiger partial charge is 0.456 e. The molecule has 1 amide bonds. The number of hydrogen-bond donors (Lipinski definition) is 2. The Bertz CT molecular complexity index is 892. The number of nitrogens with zero attached hydrogens (tertiary/aromatic N) is 1. The molecule has 0 saturated heterocycles. The summed E-state index contributed by atoms with van der Waals surface area (Å²) in [5.41, 5.74) is 4.71. The Morgan fingerprint density at radius 1 is 1.23 bits per heavy atom. The van der Waals surface area contributed by atoms with Crippen LogP contribution in [-0.4, -0.2) is 28.0 Å². The van der Waals surface area contributed by atoms with E-state index in [9.17, 15) is 19.2 Å². The molecule has 0 atom stereocenters. The van der Waals surface area contributed by atoms with Gasteiger partial charge in [-0.1, -0.05) is 29.3 Å². The third kappa shape index (κ3) is 8.00. The van der Waals surface area contributed by atoms with Crippen LogP contribution in [0.15, 0.2) is 40.1 Å². The van der Waals surface area contributed by atoms with Gasteiger partial charge >= 0.3 is 11.7 Å². The molecule has 0 aliphatic carbocycles. The van der Waals surface area contributed by atoms with Gasteiger partial charge < -0.3 is 15.0 Å². The summed E-state index contributed by atoms with van der Waals surface area (Å²) < 4.78 is 5.63.